The van der Waals surface area contributed by atoms with Crippen LogP contribution >= 0.6 is 0 Å². The predicted octanol–water partition coefficient (Wildman–Crippen LogP) is 1.79. The Morgan fingerprint density at radius 1 is 0.960 bits per heavy atom. The summed E-state index contributed by atoms with van der Waals surface area (Å²) in [5.74, 6) is 2.37. The highest BCUT2D eigenvalue weighted by atomic mass is 16.4. The predicted molar refractivity (Wildman–Crippen MR) is 93.5 cm³/mol. The van der Waals surface area contributed by atoms with E-state index in [2.05, 4.69) is 29.5 Å². The van der Waals surface area contributed by atoms with Gasteiger partial charge in [-0.25, -0.2) is 4.98 Å². The molecule has 7 nitrogen and oxygen atoms in total. The number of aromatic nitrogens is 4. The van der Waals surface area contributed by atoms with Crippen LogP contribution in [0.4, 0.5) is 0 Å². The molecule has 0 bridgehead atoms. The van der Waals surface area contributed by atoms with Gasteiger partial charge in [-0.1, -0.05) is 18.2 Å². The number of nitrogens with zero attached hydrogens (tertiary/aromatic N) is 6. The molecule has 0 N–H and O–H groups in total. The van der Waals surface area contributed by atoms with Gasteiger partial charge in [-0.3, -0.25) is 9.80 Å². The topological polar surface area (TPSA) is 63.2 Å². The summed E-state index contributed by atoms with van der Waals surface area (Å²) in [5.41, 5.74) is 0.959. The van der Waals surface area contributed by atoms with Gasteiger partial charge >= 0.3 is 0 Å². The van der Waals surface area contributed by atoms with Crippen LogP contribution in [0.2, 0.25) is 0 Å². The second kappa shape index (κ2) is 7.16. The lowest BCUT2D eigenvalue weighted by atomic mass is 10.2. The van der Waals surface area contributed by atoms with Gasteiger partial charge in [0.2, 0.25) is 11.8 Å². The first-order chi connectivity index (χ1) is 12.3. The molecule has 0 saturated carbocycles. The molecule has 0 atom stereocenters. The van der Waals surface area contributed by atoms with Crippen LogP contribution in [0, 0.1) is 0 Å². The largest absolute Gasteiger partial charge is 0.419 e. The molecule has 0 unspecified atom stereocenters. The first-order valence-corrected chi connectivity index (χ1v) is 8.56. The lowest BCUT2D eigenvalue weighted by Crippen LogP contribution is -2.45. The highest BCUT2D eigenvalue weighted by molar-refractivity contribution is 5.51. The fraction of sp³-hybridized carbons (Fsp3) is 0.389. The van der Waals surface area contributed by atoms with Crippen molar-refractivity contribution in [2.75, 3.05) is 26.2 Å². The Bertz CT molecular complexity index is 804. The van der Waals surface area contributed by atoms with Crippen molar-refractivity contribution < 1.29 is 4.42 Å². The van der Waals surface area contributed by atoms with Crippen LogP contribution in [0.15, 0.2) is 47.1 Å². The molecule has 0 radical (unpaired) electrons. The van der Waals surface area contributed by atoms with Gasteiger partial charge in [0, 0.05) is 51.2 Å². The normalized spacial score (nSPS) is 16.4. The maximum absolute atomic E-state index is 5.81. The Labute approximate surface area is 146 Å². The second-order valence-corrected chi connectivity index (χ2v) is 6.37. The molecular weight excluding hydrogens is 316 g/mol. The highest BCUT2D eigenvalue weighted by Crippen LogP contribution is 2.18. The maximum atomic E-state index is 5.81. The number of imidazole rings is 1. The van der Waals surface area contributed by atoms with Crippen molar-refractivity contribution in [2.45, 2.75) is 13.1 Å². The van der Waals surface area contributed by atoms with Crippen LogP contribution in [-0.4, -0.2) is 55.7 Å². The van der Waals surface area contributed by atoms with Gasteiger partial charge in [-0.15, -0.1) is 10.2 Å². The van der Waals surface area contributed by atoms with E-state index in [1.165, 1.54) is 0 Å². The minimum Gasteiger partial charge on any atom is -0.419 e. The van der Waals surface area contributed by atoms with Gasteiger partial charge in [-0.05, 0) is 12.1 Å². The molecule has 1 aliphatic rings. The zero-order valence-corrected chi connectivity index (χ0v) is 14.4. The zero-order chi connectivity index (χ0) is 17.1. The minimum absolute atomic E-state index is 0.587. The summed E-state index contributed by atoms with van der Waals surface area (Å²) >= 11 is 0. The van der Waals surface area contributed by atoms with Crippen LogP contribution in [0.5, 0.6) is 0 Å². The monoisotopic (exact) mass is 338 g/mol. The summed E-state index contributed by atoms with van der Waals surface area (Å²) in [5, 5.41) is 8.35. The molecular formula is C18H22N6O. The van der Waals surface area contributed by atoms with Crippen LogP contribution in [-0.2, 0) is 20.1 Å². The summed E-state index contributed by atoms with van der Waals surface area (Å²) in [6, 6.07) is 9.88. The molecule has 1 saturated heterocycles. The summed E-state index contributed by atoms with van der Waals surface area (Å²) in [7, 11) is 2.04. The van der Waals surface area contributed by atoms with Gasteiger partial charge in [-0.2, -0.15) is 0 Å². The Kier molecular flexibility index (Phi) is 4.58. The van der Waals surface area contributed by atoms with E-state index in [-0.39, 0.29) is 0 Å². The molecule has 3 aromatic rings. The summed E-state index contributed by atoms with van der Waals surface area (Å²) in [6.45, 7) is 5.63. The Hall–Kier alpha value is -2.51. The van der Waals surface area contributed by atoms with Crippen LogP contribution in [0.3, 0.4) is 0 Å². The molecule has 25 heavy (non-hydrogen) atoms. The van der Waals surface area contributed by atoms with Gasteiger partial charge in [0.05, 0.1) is 13.1 Å². The molecule has 2 aromatic heterocycles. The van der Waals surface area contributed by atoms with E-state index in [4.69, 9.17) is 4.42 Å². The van der Waals surface area contributed by atoms with Gasteiger partial charge in [0.1, 0.15) is 5.82 Å². The number of piperazine rings is 1. The molecule has 0 amide bonds. The third kappa shape index (κ3) is 3.78. The average molecular weight is 338 g/mol. The van der Waals surface area contributed by atoms with Crippen molar-refractivity contribution in [2.24, 2.45) is 7.05 Å². The van der Waals surface area contributed by atoms with Crippen molar-refractivity contribution >= 4 is 0 Å². The number of hydrogen-bond donors (Lipinski definition) is 0. The Balaban J connectivity index is 1.30. The quantitative estimate of drug-likeness (QED) is 0.707. The number of aryl methyl sites for hydroxylation is 1. The molecule has 3 heterocycles. The fourth-order valence-electron chi connectivity index (χ4n) is 3.06. The van der Waals surface area contributed by atoms with E-state index in [1.54, 1.807) is 0 Å². The first kappa shape index (κ1) is 16.0. The number of benzene rings is 1. The van der Waals surface area contributed by atoms with E-state index < -0.39 is 0 Å². The third-order valence-corrected chi connectivity index (χ3v) is 4.60. The Morgan fingerprint density at radius 2 is 1.68 bits per heavy atom. The summed E-state index contributed by atoms with van der Waals surface area (Å²) in [4.78, 5) is 9.19. The van der Waals surface area contributed by atoms with Crippen molar-refractivity contribution in [1.29, 1.82) is 0 Å². The van der Waals surface area contributed by atoms with Crippen molar-refractivity contribution in [3.63, 3.8) is 0 Å². The average Bonchev–Trinajstić information content (AvgIpc) is 3.27. The van der Waals surface area contributed by atoms with E-state index in [1.807, 2.05) is 49.8 Å². The number of hydrogen-bond acceptors (Lipinski definition) is 6. The number of rotatable bonds is 5. The summed E-state index contributed by atoms with van der Waals surface area (Å²) in [6.07, 6.45) is 3.84. The first-order valence-electron chi connectivity index (χ1n) is 8.56. The van der Waals surface area contributed by atoms with E-state index in [0.717, 1.165) is 44.1 Å². The van der Waals surface area contributed by atoms with E-state index in [9.17, 15) is 0 Å². The fourth-order valence-corrected chi connectivity index (χ4v) is 3.06. The molecule has 130 valence electrons. The molecule has 7 heteroatoms. The smallest absolute Gasteiger partial charge is 0.247 e. The SMILES string of the molecule is Cn1ccnc1CN1CCN(Cc2nnc(-c3ccccc3)o2)CC1. The van der Waals surface area contributed by atoms with E-state index >= 15 is 0 Å². The van der Waals surface area contributed by atoms with Gasteiger partial charge in [0.25, 0.3) is 0 Å². The highest BCUT2D eigenvalue weighted by Gasteiger charge is 2.20. The molecule has 0 spiro atoms. The van der Waals surface area contributed by atoms with Crippen molar-refractivity contribution in [1.82, 2.24) is 29.5 Å². The maximum Gasteiger partial charge on any atom is 0.247 e. The minimum atomic E-state index is 0.587. The molecule has 1 fully saturated rings. The van der Waals surface area contributed by atoms with Crippen LogP contribution in [0.1, 0.15) is 11.7 Å². The van der Waals surface area contributed by atoms with E-state index in [0.29, 0.717) is 18.3 Å². The molecule has 1 aliphatic heterocycles. The standard InChI is InChI=1S/C18H22N6O/c1-22-8-7-19-16(22)13-23-9-11-24(12-10-23)14-17-20-21-18(25-17)15-5-3-2-4-6-15/h2-8H,9-14H2,1H3. The van der Waals surface area contributed by atoms with Crippen LogP contribution in [0.25, 0.3) is 11.5 Å². The second-order valence-electron chi connectivity index (χ2n) is 6.37. The zero-order valence-electron chi connectivity index (χ0n) is 14.4. The molecule has 4 rings (SSSR count). The summed E-state index contributed by atoms with van der Waals surface area (Å²) < 4.78 is 7.89. The van der Waals surface area contributed by atoms with Crippen molar-refractivity contribution in [3.05, 3.63) is 54.4 Å². The van der Waals surface area contributed by atoms with Gasteiger partial charge in [0.15, 0.2) is 0 Å². The third-order valence-electron chi connectivity index (χ3n) is 4.60. The molecule has 0 aliphatic carbocycles. The molecule has 1 aromatic carbocycles. The van der Waals surface area contributed by atoms with Gasteiger partial charge < -0.3 is 8.98 Å². The Morgan fingerprint density at radius 3 is 2.36 bits per heavy atom. The lowest BCUT2D eigenvalue weighted by Gasteiger charge is -2.33. The van der Waals surface area contributed by atoms with Crippen molar-refractivity contribution in [3.8, 4) is 11.5 Å². The van der Waals surface area contributed by atoms with Crippen LogP contribution < -0.4 is 0 Å². The lowest BCUT2D eigenvalue weighted by molar-refractivity contribution is 0.112.